The molecular weight excluding hydrogens is 402 g/mol. The summed E-state index contributed by atoms with van der Waals surface area (Å²) >= 11 is 6.24. The van der Waals surface area contributed by atoms with Gasteiger partial charge in [0, 0.05) is 0 Å². The molecule has 4 rings (SSSR count). The van der Waals surface area contributed by atoms with Crippen molar-refractivity contribution in [2.45, 2.75) is 17.3 Å². The fourth-order valence-corrected chi connectivity index (χ4v) is 5.45. The van der Waals surface area contributed by atoms with Crippen LogP contribution in [-0.4, -0.2) is 15.0 Å². The van der Waals surface area contributed by atoms with Crippen LogP contribution in [0.25, 0.3) is 0 Å². The van der Waals surface area contributed by atoms with E-state index in [0.29, 0.717) is 0 Å². The second kappa shape index (κ2) is 6.84. The average Bonchev–Trinajstić information content (AvgIpc) is 3.01. The summed E-state index contributed by atoms with van der Waals surface area (Å²) in [7, 11) is 0. The zero-order valence-corrected chi connectivity index (χ0v) is 15.9. The molecule has 126 valence electrons. The monoisotopic (exact) mass is 418 g/mol. The predicted octanol–water partition coefficient (Wildman–Crippen LogP) is 4.76. The van der Waals surface area contributed by atoms with Crippen LogP contribution in [0.4, 0.5) is 4.39 Å². The summed E-state index contributed by atoms with van der Waals surface area (Å²) in [6.45, 7) is 0. The number of hydrogen-bond donors (Lipinski definition) is 0. The van der Waals surface area contributed by atoms with Crippen molar-refractivity contribution in [1.29, 1.82) is 0 Å². The third kappa shape index (κ3) is 3.46. The average molecular weight is 418 g/mol. The Morgan fingerprint density at radius 2 is 1.68 bits per heavy atom. The van der Waals surface area contributed by atoms with E-state index in [-0.39, 0.29) is 26.4 Å². The molecule has 1 aliphatic rings. The third-order valence-corrected chi connectivity index (χ3v) is 7.21. The Morgan fingerprint density at radius 1 is 0.960 bits per heavy atom. The van der Waals surface area contributed by atoms with E-state index in [9.17, 15) is 4.39 Å². The van der Waals surface area contributed by atoms with E-state index in [4.69, 9.17) is 16.3 Å². The SMILES string of the molecule is Fc1ccc([Se]CC2(c3ccc(Cl)cc3)Cc3ccccc3O2)cc1. The van der Waals surface area contributed by atoms with Crippen molar-refractivity contribution in [3.05, 3.63) is 94.8 Å². The van der Waals surface area contributed by atoms with Crippen molar-refractivity contribution in [3.63, 3.8) is 0 Å². The summed E-state index contributed by atoms with van der Waals surface area (Å²) in [5, 5.41) is 1.60. The molecule has 0 spiro atoms. The van der Waals surface area contributed by atoms with Crippen molar-refractivity contribution in [1.82, 2.24) is 0 Å². The molecule has 0 aliphatic carbocycles. The van der Waals surface area contributed by atoms with Crippen molar-refractivity contribution < 1.29 is 9.13 Å². The molecule has 4 heteroatoms. The van der Waals surface area contributed by atoms with E-state index in [0.717, 1.165) is 28.1 Å². The Bertz CT molecular complexity index is 852. The van der Waals surface area contributed by atoms with Crippen molar-refractivity contribution in [2.24, 2.45) is 0 Å². The number of halogens is 2. The van der Waals surface area contributed by atoms with Gasteiger partial charge in [0.15, 0.2) is 0 Å². The molecule has 0 saturated heterocycles. The van der Waals surface area contributed by atoms with Gasteiger partial charge in [-0.25, -0.2) is 0 Å². The van der Waals surface area contributed by atoms with E-state index < -0.39 is 0 Å². The summed E-state index contributed by atoms with van der Waals surface area (Å²) in [6.07, 6.45) is 0.841. The molecule has 25 heavy (non-hydrogen) atoms. The molecule has 1 aliphatic heterocycles. The summed E-state index contributed by atoms with van der Waals surface area (Å²) in [5.74, 6) is 0.754. The van der Waals surface area contributed by atoms with Crippen LogP contribution in [0.3, 0.4) is 0 Å². The number of hydrogen-bond acceptors (Lipinski definition) is 1. The second-order valence-electron chi connectivity index (χ2n) is 6.13. The van der Waals surface area contributed by atoms with Gasteiger partial charge in [0.2, 0.25) is 0 Å². The Morgan fingerprint density at radius 3 is 2.40 bits per heavy atom. The van der Waals surface area contributed by atoms with Crippen LogP contribution in [0.1, 0.15) is 11.1 Å². The van der Waals surface area contributed by atoms with Crippen LogP contribution in [-0.2, 0) is 12.0 Å². The summed E-state index contributed by atoms with van der Waals surface area (Å²) < 4.78 is 20.8. The minimum absolute atomic E-state index is 0.176. The molecule has 1 heterocycles. The molecule has 0 bridgehead atoms. The van der Waals surface area contributed by atoms with Crippen LogP contribution in [0.15, 0.2) is 72.8 Å². The second-order valence-corrected chi connectivity index (χ2v) is 8.77. The first-order valence-corrected chi connectivity index (χ1v) is 10.5. The Kier molecular flexibility index (Phi) is 4.56. The third-order valence-electron chi connectivity index (χ3n) is 4.41. The Balaban J connectivity index is 1.65. The molecule has 0 fully saturated rings. The van der Waals surface area contributed by atoms with Crippen molar-refractivity contribution in [2.75, 3.05) is 0 Å². The van der Waals surface area contributed by atoms with Crippen LogP contribution in [0.2, 0.25) is 10.3 Å². The van der Waals surface area contributed by atoms with E-state index in [2.05, 4.69) is 18.2 Å². The molecule has 3 aromatic carbocycles. The number of para-hydroxylation sites is 1. The first-order valence-electron chi connectivity index (χ1n) is 8.06. The summed E-state index contributed by atoms with van der Waals surface area (Å²) in [5.41, 5.74) is 1.98. The molecule has 0 saturated carbocycles. The van der Waals surface area contributed by atoms with E-state index in [1.165, 1.54) is 22.2 Å². The number of ether oxygens (including phenoxy) is 1. The first-order chi connectivity index (χ1) is 12.1. The molecule has 3 aromatic rings. The molecule has 0 radical (unpaired) electrons. The van der Waals surface area contributed by atoms with E-state index >= 15 is 0 Å². The predicted molar refractivity (Wildman–Crippen MR) is 100 cm³/mol. The van der Waals surface area contributed by atoms with E-state index in [1.807, 2.05) is 42.5 Å². The fraction of sp³-hybridized carbons (Fsp3) is 0.143. The quantitative estimate of drug-likeness (QED) is 0.556. The van der Waals surface area contributed by atoms with Crippen LogP contribution < -0.4 is 9.20 Å². The minimum atomic E-state index is -0.386. The Labute approximate surface area is 157 Å². The van der Waals surface area contributed by atoms with Crippen LogP contribution in [0, 0.1) is 5.82 Å². The topological polar surface area (TPSA) is 9.23 Å². The van der Waals surface area contributed by atoms with Gasteiger partial charge in [0.1, 0.15) is 0 Å². The van der Waals surface area contributed by atoms with Gasteiger partial charge in [-0.2, -0.15) is 0 Å². The summed E-state index contributed by atoms with van der Waals surface area (Å²) in [4.78, 5) is 0. The first kappa shape index (κ1) is 16.7. The van der Waals surface area contributed by atoms with Gasteiger partial charge in [-0.3, -0.25) is 0 Å². The normalized spacial score (nSPS) is 18.6. The molecule has 1 unspecified atom stereocenters. The maximum absolute atomic E-state index is 13.2. The molecule has 1 atom stereocenters. The molecule has 0 amide bonds. The molecule has 1 nitrogen and oxygen atoms in total. The molecular formula is C21H16ClFOSe. The van der Waals surface area contributed by atoms with Gasteiger partial charge in [-0.15, -0.1) is 0 Å². The van der Waals surface area contributed by atoms with E-state index in [1.54, 1.807) is 0 Å². The molecule has 0 aromatic heterocycles. The van der Waals surface area contributed by atoms with Crippen molar-refractivity contribution >= 4 is 31.0 Å². The maximum atomic E-state index is 13.2. The Hall–Kier alpha value is -1.80. The standard InChI is InChI=1S/C21H16ClFOSe/c22-17-7-5-16(6-8-17)21(13-15-3-1-2-4-20(15)24-21)14-25-19-11-9-18(23)10-12-19/h1-12H,13-14H2. The van der Waals surface area contributed by atoms with Crippen molar-refractivity contribution in [3.8, 4) is 5.75 Å². The van der Waals surface area contributed by atoms with Gasteiger partial charge >= 0.3 is 158 Å². The van der Waals surface area contributed by atoms with Gasteiger partial charge in [0.25, 0.3) is 0 Å². The van der Waals surface area contributed by atoms with Gasteiger partial charge in [-0.1, -0.05) is 0 Å². The summed E-state index contributed by atoms with van der Waals surface area (Å²) in [6, 6.07) is 22.9. The number of benzene rings is 3. The van der Waals surface area contributed by atoms with Gasteiger partial charge < -0.3 is 0 Å². The zero-order valence-electron chi connectivity index (χ0n) is 13.4. The number of rotatable bonds is 4. The number of fused-ring (bicyclic) bond motifs is 1. The van der Waals surface area contributed by atoms with Gasteiger partial charge in [0.05, 0.1) is 0 Å². The van der Waals surface area contributed by atoms with Gasteiger partial charge in [-0.05, 0) is 0 Å². The zero-order chi connectivity index (χ0) is 17.3. The fourth-order valence-electron chi connectivity index (χ4n) is 3.11. The van der Waals surface area contributed by atoms with Crippen LogP contribution >= 0.6 is 11.6 Å². The molecule has 0 N–H and O–H groups in total. The van der Waals surface area contributed by atoms with Crippen LogP contribution in [0.5, 0.6) is 5.75 Å².